The summed E-state index contributed by atoms with van der Waals surface area (Å²) in [4.78, 5) is 12.3. The number of allylic oxidation sites excluding steroid dienone is 3. The number of ether oxygens (including phenoxy) is 1. The van der Waals surface area contributed by atoms with Crippen molar-refractivity contribution in [2.75, 3.05) is 6.61 Å². The van der Waals surface area contributed by atoms with Crippen molar-refractivity contribution in [3.63, 3.8) is 0 Å². The highest BCUT2D eigenvalue weighted by atomic mass is 16.5. The molecule has 0 aromatic carbocycles. The van der Waals surface area contributed by atoms with Crippen LogP contribution in [0.15, 0.2) is 24.3 Å². The third kappa shape index (κ3) is 1.50. The Balaban J connectivity index is 1.75. The van der Waals surface area contributed by atoms with Crippen LogP contribution in [0.4, 0.5) is 0 Å². The molecule has 0 aliphatic heterocycles. The molecule has 4 atom stereocenters. The highest BCUT2D eigenvalue weighted by Crippen LogP contribution is 2.60. The number of esters is 1. The third-order valence-electron chi connectivity index (χ3n) is 4.68. The van der Waals surface area contributed by atoms with Crippen LogP contribution in [0.1, 0.15) is 32.6 Å². The van der Waals surface area contributed by atoms with E-state index in [2.05, 4.69) is 31.2 Å². The van der Waals surface area contributed by atoms with Gasteiger partial charge in [0.25, 0.3) is 0 Å². The predicted octanol–water partition coefficient (Wildman–Crippen LogP) is 3.10. The lowest BCUT2D eigenvalue weighted by atomic mass is 9.75. The molecular formula is C15H20O2. The number of hydrogen-bond acceptors (Lipinski definition) is 2. The summed E-state index contributed by atoms with van der Waals surface area (Å²) in [6.45, 7) is 2.69. The van der Waals surface area contributed by atoms with Gasteiger partial charge in [0.05, 0.1) is 12.0 Å². The number of hydrogen-bond donors (Lipinski definition) is 0. The largest absolute Gasteiger partial charge is 0.465 e. The Kier molecular flexibility index (Phi) is 2.61. The van der Waals surface area contributed by atoms with Gasteiger partial charge in [0.1, 0.15) is 0 Å². The Bertz CT molecular complexity index is 382. The lowest BCUT2D eigenvalue weighted by molar-refractivity contribution is -0.154. The zero-order chi connectivity index (χ0) is 11.9. The van der Waals surface area contributed by atoms with Gasteiger partial charge in [-0.05, 0) is 31.1 Å². The van der Waals surface area contributed by atoms with E-state index >= 15 is 0 Å². The average molecular weight is 232 g/mol. The molecule has 92 valence electrons. The maximum absolute atomic E-state index is 12.3. The molecule has 2 bridgehead atoms. The molecule has 4 unspecified atom stereocenters. The summed E-state index contributed by atoms with van der Waals surface area (Å²) in [5, 5.41) is 0. The quantitative estimate of drug-likeness (QED) is 0.423. The van der Waals surface area contributed by atoms with E-state index in [1.807, 2.05) is 0 Å². The molecular weight excluding hydrogens is 212 g/mol. The summed E-state index contributed by atoms with van der Waals surface area (Å²) in [7, 11) is 0. The molecule has 3 rings (SSSR count). The number of rotatable bonds is 4. The van der Waals surface area contributed by atoms with E-state index in [-0.39, 0.29) is 11.4 Å². The van der Waals surface area contributed by atoms with Crippen LogP contribution < -0.4 is 0 Å². The van der Waals surface area contributed by atoms with E-state index in [1.54, 1.807) is 0 Å². The lowest BCUT2D eigenvalue weighted by Gasteiger charge is -2.29. The Morgan fingerprint density at radius 2 is 2.35 bits per heavy atom. The molecule has 0 heterocycles. The molecule has 0 saturated heterocycles. The molecule has 1 saturated carbocycles. The first kappa shape index (κ1) is 11.1. The first-order valence-electron chi connectivity index (χ1n) is 6.81. The summed E-state index contributed by atoms with van der Waals surface area (Å²) >= 11 is 0. The minimum atomic E-state index is -0.309. The third-order valence-corrected chi connectivity index (χ3v) is 4.68. The molecule has 0 aromatic heterocycles. The van der Waals surface area contributed by atoms with Crippen LogP contribution in [0.5, 0.6) is 0 Å². The van der Waals surface area contributed by atoms with Gasteiger partial charge in [-0.15, -0.1) is 0 Å². The van der Waals surface area contributed by atoms with Gasteiger partial charge in [-0.3, -0.25) is 4.79 Å². The first-order chi connectivity index (χ1) is 8.28. The Hall–Kier alpha value is -1.05. The van der Waals surface area contributed by atoms with Gasteiger partial charge in [0.15, 0.2) is 0 Å². The molecule has 3 aliphatic carbocycles. The smallest absolute Gasteiger partial charge is 0.316 e. The zero-order valence-corrected chi connectivity index (χ0v) is 10.4. The molecule has 1 fully saturated rings. The van der Waals surface area contributed by atoms with Crippen LogP contribution in [-0.4, -0.2) is 12.6 Å². The first-order valence-corrected chi connectivity index (χ1v) is 6.81. The molecule has 2 nitrogen and oxygen atoms in total. The second-order valence-electron chi connectivity index (χ2n) is 5.61. The second-order valence-corrected chi connectivity index (χ2v) is 5.61. The molecule has 0 radical (unpaired) electrons. The molecule has 3 aliphatic rings. The number of unbranched alkanes of at least 4 members (excludes halogenated alkanes) is 1. The average Bonchev–Trinajstić information content (AvgIpc) is 3.01. The van der Waals surface area contributed by atoms with Crippen molar-refractivity contribution in [3.05, 3.63) is 24.3 Å². The Labute approximate surface area is 103 Å². The summed E-state index contributed by atoms with van der Waals surface area (Å²) in [6, 6.07) is 0. The minimum absolute atomic E-state index is 0.0174. The molecule has 17 heavy (non-hydrogen) atoms. The van der Waals surface area contributed by atoms with E-state index in [0.29, 0.717) is 24.4 Å². The van der Waals surface area contributed by atoms with Crippen LogP contribution >= 0.6 is 0 Å². The predicted molar refractivity (Wildman–Crippen MR) is 66.3 cm³/mol. The summed E-state index contributed by atoms with van der Waals surface area (Å²) in [5.74, 6) is 1.70. The van der Waals surface area contributed by atoms with Gasteiger partial charge in [-0.2, -0.15) is 0 Å². The maximum Gasteiger partial charge on any atom is 0.316 e. The van der Waals surface area contributed by atoms with E-state index in [9.17, 15) is 4.79 Å². The number of carbonyl (C=O) groups is 1. The highest BCUT2D eigenvalue weighted by Gasteiger charge is 2.59. The number of fused-ring (bicyclic) bond motifs is 5. The van der Waals surface area contributed by atoms with Crippen molar-refractivity contribution < 1.29 is 9.53 Å². The summed E-state index contributed by atoms with van der Waals surface area (Å²) in [5.41, 5.74) is -0.309. The van der Waals surface area contributed by atoms with Crippen molar-refractivity contribution in [1.82, 2.24) is 0 Å². The van der Waals surface area contributed by atoms with Gasteiger partial charge in [-0.25, -0.2) is 0 Å². The van der Waals surface area contributed by atoms with E-state index in [1.165, 1.54) is 0 Å². The van der Waals surface area contributed by atoms with E-state index < -0.39 is 0 Å². The molecule has 0 aromatic rings. The number of carbonyl (C=O) groups excluding carboxylic acids is 1. The molecule has 0 amide bonds. The molecule has 2 heteroatoms. The maximum atomic E-state index is 12.3. The lowest BCUT2D eigenvalue weighted by Crippen LogP contribution is -2.35. The minimum Gasteiger partial charge on any atom is -0.465 e. The van der Waals surface area contributed by atoms with Gasteiger partial charge in [0.2, 0.25) is 0 Å². The van der Waals surface area contributed by atoms with Crippen molar-refractivity contribution in [1.29, 1.82) is 0 Å². The van der Waals surface area contributed by atoms with Crippen LogP contribution in [0.3, 0.4) is 0 Å². The SMILES string of the molecule is CCCCOC(=O)C12C=CC(C1)C1CC=CC12. The fraction of sp³-hybridized carbons (Fsp3) is 0.667. The molecule has 0 N–H and O–H groups in total. The fourth-order valence-electron chi connectivity index (χ4n) is 3.76. The second kappa shape index (κ2) is 4.01. The topological polar surface area (TPSA) is 26.3 Å². The highest BCUT2D eigenvalue weighted by molar-refractivity contribution is 5.82. The van der Waals surface area contributed by atoms with Crippen LogP contribution in [0.2, 0.25) is 0 Å². The van der Waals surface area contributed by atoms with Gasteiger partial charge in [0, 0.05) is 5.92 Å². The van der Waals surface area contributed by atoms with Crippen LogP contribution in [-0.2, 0) is 9.53 Å². The van der Waals surface area contributed by atoms with Gasteiger partial charge in [-0.1, -0.05) is 37.6 Å². The summed E-state index contributed by atoms with van der Waals surface area (Å²) in [6.07, 6.45) is 13.0. The summed E-state index contributed by atoms with van der Waals surface area (Å²) < 4.78 is 5.47. The van der Waals surface area contributed by atoms with Crippen molar-refractivity contribution >= 4 is 5.97 Å². The fourth-order valence-corrected chi connectivity index (χ4v) is 3.76. The van der Waals surface area contributed by atoms with E-state index in [4.69, 9.17) is 4.74 Å². The monoisotopic (exact) mass is 232 g/mol. The Morgan fingerprint density at radius 3 is 3.18 bits per heavy atom. The molecule has 0 spiro atoms. The zero-order valence-electron chi connectivity index (χ0n) is 10.4. The van der Waals surface area contributed by atoms with Gasteiger partial charge < -0.3 is 4.74 Å². The van der Waals surface area contributed by atoms with Crippen LogP contribution in [0.25, 0.3) is 0 Å². The van der Waals surface area contributed by atoms with Crippen LogP contribution in [0, 0.1) is 23.2 Å². The van der Waals surface area contributed by atoms with Crippen molar-refractivity contribution in [2.24, 2.45) is 23.2 Å². The van der Waals surface area contributed by atoms with Crippen molar-refractivity contribution in [3.8, 4) is 0 Å². The van der Waals surface area contributed by atoms with Gasteiger partial charge >= 0.3 is 5.97 Å². The van der Waals surface area contributed by atoms with E-state index in [0.717, 1.165) is 25.7 Å². The standard InChI is InChI=1S/C15H20O2/c1-2-3-9-17-14(16)15-8-7-11(10-15)12-5-4-6-13(12)15/h4,6-8,11-13H,2-3,5,9-10H2,1H3. The van der Waals surface area contributed by atoms with Crippen molar-refractivity contribution in [2.45, 2.75) is 32.6 Å². The normalized spacial score (nSPS) is 40.9. The Morgan fingerprint density at radius 1 is 1.47 bits per heavy atom.